The summed E-state index contributed by atoms with van der Waals surface area (Å²) in [5, 5.41) is 10.9. The fourth-order valence-electron chi connectivity index (χ4n) is 1.98. The summed E-state index contributed by atoms with van der Waals surface area (Å²) in [5.74, 6) is 2.14. The largest absolute Gasteiger partial charge is 0.357 e. The fourth-order valence-corrected chi connectivity index (χ4v) is 1.98. The van der Waals surface area contributed by atoms with Crippen molar-refractivity contribution < 1.29 is 0 Å². The molecular weight excluding hydrogens is 228 g/mol. The van der Waals surface area contributed by atoms with Crippen LogP contribution in [0.2, 0.25) is 0 Å². The van der Waals surface area contributed by atoms with Crippen LogP contribution in [0.1, 0.15) is 20.8 Å². The quantitative estimate of drug-likeness (QED) is 0.845. The van der Waals surface area contributed by atoms with E-state index in [4.69, 9.17) is 0 Å². The van der Waals surface area contributed by atoms with Crippen LogP contribution in [-0.4, -0.2) is 40.3 Å². The van der Waals surface area contributed by atoms with E-state index in [9.17, 15) is 0 Å². The van der Waals surface area contributed by atoms with Crippen molar-refractivity contribution in [3.05, 3.63) is 6.20 Å². The molecule has 6 nitrogen and oxygen atoms in total. The van der Waals surface area contributed by atoms with Gasteiger partial charge in [0, 0.05) is 20.1 Å². The lowest BCUT2D eigenvalue weighted by molar-refractivity contribution is 0.616. The van der Waals surface area contributed by atoms with E-state index in [0.29, 0.717) is 11.9 Å². The van der Waals surface area contributed by atoms with Crippen molar-refractivity contribution in [2.75, 3.05) is 30.4 Å². The lowest BCUT2D eigenvalue weighted by Gasteiger charge is -2.24. The molecule has 6 heteroatoms. The van der Waals surface area contributed by atoms with Crippen molar-refractivity contribution in [1.82, 2.24) is 20.2 Å². The number of H-pyrrole nitrogens is 1. The average Bonchev–Trinajstić information content (AvgIpc) is 2.82. The van der Waals surface area contributed by atoms with Gasteiger partial charge in [0.2, 0.25) is 5.95 Å². The monoisotopic (exact) mass is 248 g/mol. The second-order valence-corrected chi connectivity index (χ2v) is 4.69. The molecule has 0 amide bonds. The average molecular weight is 248 g/mol. The third kappa shape index (κ3) is 2.37. The Hall–Kier alpha value is -1.85. The highest BCUT2D eigenvalue weighted by Crippen LogP contribution is 2.24. The molecule has 0 fully saturated rings. The Morgan fingerprint density at radius 3 is 2.78 bits per heavy atom. The van der Waals surface area contributed by atoms with Gasteiger partial charge in [-0.2, -0.15) is 15.1 Å². The first-order chi connectivity index (χ1) is 8.65. The van der Waals surface area contributed by atoms with Gasteiger partial charge in [-0.1, -0.05) is 13.8 Å². The molecule has 2 heterocycles. The summed E-state index contributed by atoms with van der Waals surface area (Å²) in [7, 11) is 1.82. The lowest BCUT2D eigenvalue weighted by Crippen LogP contribution is -2.28. The third-order valence-electron chi connectivity index (χ3n) is 2.78. The number of fused-ring (bicyclic) bond motifs is 1. The number of anilines is 2. The van der Waals surface area contributed by atoms with E-state index in [1.54, 1.807) is 6.20 Å². The van der Waals surface area contributed by atoms with Crippen LogP contribution < -0.4 is 10.2 Å². The topological polar surface area (TPSA) is 69.7 Å². The first-order valence-electron chi connectivity index (χ1n) is 6.29. The second-order valence-electron chi connectivity index (χ2n) is 4.69. The molecule has 0 saturated heterocycles. The molecule has 2 aromatic rings. The van der Waals surface area contributed by atoms with Gasteiger partial charge in [0.05, 0.1) is 11.6 Å². The molecule has 0 aliphatic rings. The standard InChI is InChI=1S/C12H20N6/c1-5-18(7-8(2)3)11-9-6-14-17-10(9)15-12(13-4)16-11/h6,8H,5,7H2,1-4H3,(H2,13,14,15,16,17). The van der Waals surface area contributed by atoms with E-state index in [0.717, 1.165) is 29.9 Å². The third-order valence-corrected chi connectivity index (χ3v) is 2.78. The molecular formula is C12H20N6. The predicted molar refractivity (Wildman–Crippen MR) is 74.0 cm³/mol. The zero-order valence-corrected chi connectivity index (χ0v) is 11.4. The molecule has 0 saturated carbocycles. The molecule has 98 valence electrons. The highest BCUT2D eigenvalue weighted by Gasteiger charge is 2.15. The number of rotatable bonds is 5. The molecule has 18 heavy (non-hydrogen) atoms. The second kappa shape index (κ2) is 5.20. The van der Waals surface area contributed by atoms with E-state index < -0.39 is 0 Å². The highest BCUT2D eigenvalue weighted by atomic mass is 15.3. The van der Waals surface area contributed by atoms with Gasteiger partial charge in [0.15, 0.2) is 5.65 Å². The summed E-state index contributed by atoms with van der Waals surface area (Å²) in [6, 6.07) is 0. The summed E-state index contributed by atoms with van der Waals surface area (Å²) in [5.41, 5.74) is 0.770. The van der Waals surface area contributed by atoms with Crippen LogP contribution in [0, 0.1) is 5.92 Å². The Morgan fingerprint density at radius 1 is 1.39 bits per heavy atom. The Bertz CT molecular complexity index is 518. The van der Waals surface area contributed by atoms with E-state index >= 15 is 0 Å². The fraction of sp³-hybridized carbons (Fsp3) is 0.583. The van der Waals surface area contributed by atoms with Crippen LogP contribution in [0.3, 0.4) is 0 Å². The van der Waals surface area contributed by atoms with Gasteiger partial charge in [-0.15, -0.1) is 0 Å². The summed E-state index contributed by atoms with van der Waals surface area (Å²) in [6.45, 7) is 8.43. The number of aromatic amines is 1. The van der Waals surface area contributed by atoms with E-state index in [-0.39, 0.29) is 0 Å². The van der Waals surface area contributed by atoms with Crippen molar-refractivity contribution in [1.29, 1.82) is 0 Å². The lowest BCUT2D eigenvalue weighted by atomic mass is 10.2. The number of hydrogen-bond donors (Lipinski definition) is 2. The highest BCUT2D eigenvalue weighted by molar-refractivity contribution is 5.87. The van der Waals surface area contributed by atoms with Gasteiger partial charge in [0.1, 0.15) is 5.82 Å². The molecule has 2 aromatic heterocycles. The molecule has 2 rings (SSSR count). The van der Waals surface area contributed by atoms with Gasteiger partial charge in [-0.25, -0.2) is 0 Å². The summed E-state index contributed by atoms with van der Waals surface area (Å²) >= 11 is 0. The Morgan fingerprint density at radius 2 is 2.17 bits per heavy atom. The molecule has 0 aliphatic carbocycles. The molecule has 0 unspecified atom stereocenters. The van der Waals surface area contributed by atoms with Crippen molar-refractivity contribution >= 4 is 22.8 Å². The van der Waals surface area contributed by atoms with Crippen molar-refractivity contribution in [3.63, 3.8) is 0 Å². The minimum absolute atomic E-state index is 0.583. The zero-order chi connectivity index (χ0) is 13.1. The maximum Gasteiger partial charge on any atom is 0.226 e. The Labute approximate surface area is 107 Å². The van der Waals surface area contributed by atoms with Crippen molar-refractivity contribution in [3.8, 4) is 0 Å². The molecule has 0 radical (unpaired) electrons. The van der Waals surface area contributed by atoms with Crippen molar-refractivity contribution in [2.45, 2.75) is 20.8 Å². The number of aromatic nitrogens is 4. The van der Waals surface area contributed by atoms with E-state index in [1.807, 2.05) is 7.05 Å². The smallest absolute Gasteiger partial charge is 0.226 e. The zero-order valence-electron chi connectivity index (χ0n) is 11.4. The maximum atomic E-state index is 4.56. The number of nitrogens with one attached hydrogen (secondary N) is 2. The molecule has 0 spiro atoms. The first-order valence-corrected chi connectivity index (χ1v) is 6.29. The summed E-state index contributed by atoms with van der Waals surface area (Å²) < 4.78 is 0. The van der Waals surface area contributed by atoms with Crippen LogP contribution in [0.25, 0.3) is 11.0 Å². The molecule has 0 aromatic carbocycles. The molecule has 0 atom stereocenters. The van der Waals surface area contributed by atoms with Crippen LogP contribution in [0.5, 0.6) is 0 Å². The Kier molecular flexibility index (Phi) is 3.64. The van der Waals surface area contributed by atoms with Gasteiger partial charge in [0.25, 0.3) is 0 Å². The van der Waals surface area contributed by atoms with Crippen LogP contribution in [0.4, 0.5) is 11.8 Å². The summed E-state index contributed by atoms with van der Waals surface area (Å²) in [4.78, 5) is 11.2. The van der Waals surface area contributed by atoms with Gasteiger partial charge < -0.3 is 10.2 Å². The molecule has 0 aliphatic heterocycles. The predicted octanol–water partition coefficient (Wildman–Crippen LogP) is 1.88. The van der Waals surface area contributed by atoms with E-state index in [2.05, 4.69) is 51.2 Å². The molecule has 2 N–H and O–H groups in total. The SMILES string of the molecule is CCN(CC(C)C)c1nc(NC)nc2[nH]ncc12. The van der Waals surface area contributed by atoms with Crippen LogP contribution >= 0.6 is 0 Å². The summed E-state index contributed by atoms with van der Waals surface area (Å²) in [6.07, 6.45) is 1.78. The molecule has 0 bridgehead atoms. The number of hydrogen-bond acceptors (Lipinski definition) is 5. The van der Waals surface area contributed by atoms with Crippen LogP contribution in [-0.2, 0) is 0 Å². The van der Waals surface area contributed by atoms with Gasteiger partial charge in [-0.3, -0.25) is 5.10 Å². The minimum Gasteiger partial charge on any atom is -0.357 e. The van der Waals surface area contributed by atoms with Gasteiger partial charge >= 0.3 is 0 Å². The Balaban J connectivity index is 2.49. The van der Waals surface area contributed by atoms with Crippen LogP contribution in [0.15, 0.2) is 6.20 Å². The van der Waals surface area contributed by atoms with Gasteiger partial charge in [-0.05, 0) is 12.8 Å². The van der Waals surface area contributed by atoms with E-state index in [1.165, 1.54) is 0 Å². The minimum atomic E-state index is 0.583. The van der Waals surface area contributed by atoms with Crippen molar-refractivity contribution in [2.24, 2.45) is 5.92 Å². The normalized spacial score (nSPS) is 11.2. The first kappa shape index (κ1) is 12.6. The maximum absolute atomic E-state index is 4.56. The number of nitrogens with zero attached hydrogens (tertiary/aromatic N) is 4.